The van der Waals surface area contributed by atoms with Gasteiger partial charge in [-0.3, -0.25) is 29.4 Å². The number of anilines is 1. The van der Waals surface area contributed by atoms with Gasteiger partial charge in [0.15, 0.2) is 5.69 Å². The quantitative estimate of drug-likeness (QED) is 0.0773. The van der Waals surface area contributed by atoms with Gasteiger partial charge < -0.3 is 29.3 Å². The molecule has 0 bridgehead atoms. The lowest BCUT2D eigenvalue weighted by Crippen LogP contribution is -2.53. The van der Waals surface area contributed by atoms with Crippen LogP contribution >= 0.6 is 0 Å². The normalized spacial score (nSPS) is 13.6. The molecule has 3 N–H and O–H groups in total. The third-order valence-corrected chi connectivity index (χ3v) is 12.2. The Morgan fingerprint density at radius 2 is 1.56 bits per heavy atom. The largest absolute Gasteiger partial charge is 0.445 e. The molecule has 374 valence electrons. The fraction of sp³-hybridized carbons (Fsp3) is 0.333. The summed E-state index contributed by atoms with van der Waals surface area (Å²) in [5.74, 6) is -1.63. The molecule has 0 spiro atoms. The van der Waals surface area contributed by atoms with Crippen LogP contribution in [0.5, 0.6) is 0 Å². The molecule has 0 unspecified atom stereocenters. The predicted molar refractivity (Wildman–Crippen MR) is 267 cm³/mol. The van der Waals surface area contributed by atoms with E-state index in [0.717, 1.165) is 24.0 Å². The molecule has 72 heavy (non-hydrogen) atoms. The highest BCUT2D eigenvalue weighted by atomic mass is 19.1. The lowest BCUT2D eigenvalue weighted by Gasteiger charge is -2.36. The highest BCUT2D eigenvalue weighted by molar-refractivity contribution is 6.02. The SMILES string of the molecule is CC(C)(C)OC(=O)Nc1cc(-c2cccc(C3CC3)c2)cnc1C(=O)NCCOCCN(CC(=O)N1CCN(C(=O)c2cc(Cc3n[nH]c(=O)c4ccccc34)ccc2F)CC1)C(=O)OCc1ccccc1. The molecule has 1 saturated carbocycles. The minimum atomic E-state index is -0.782. The van der Waals surface area contributed by atoms with E-state index in [2.05, 4.69) is 37.9 Å². The van der Waals surface area contributed by atoms with Crippen molar-refractivity contribution in [1.29, 1.82) is 0 Å². The van der Waals surface area contributed by atoms with E-state index in [0.29, 0.717) is 33.5 Å². The van der Waals surface area contributed by atoms with Crippen LogP contribution in [-0.2, 0) is 32.0 Å². The maximum Gasteiger partial charge on any atom is 0.412 e. The summed E-state index contributed by atoms with van der Waals surface area (Å²) in [5, 5.41) is 13.3. The molecule has 1 saturated heterocycles. The van der Waals surface area contributed by atoms with Crippen molar-refractivity contribution in [2.24, 2.45) is 0 Å². The molecule has 4 aromatic carbocycles. The highest BCUT2D eigenvalue weighted by Gasteiger charge is 2.30. The first-order chi connectivity index (χ1) is 34.7. The van der Waals surface area contributed by atoms with Crippen molar-refractivity contribution in [3.05, 3.63) is 159 Å². The number of nitrogens with zero attached hydrogens (tertiary/aromatic N) is 5. The number of carbonyl (C=O) groups excluding carboxylic acids is 5. The smallest absolute Gasteiger partial charge is 0.412 e. The third-order valence-electron chi connectivity index (χ3n) is 12.2. The second kappa shape index (κ2) is 22.8. The number of fused-ring (bicyclic) bond motifs is 1. The number of ether oxygens (including phenoxy) is 3. The van der Waals surface area contributed by atoms with Gasteiger partial charge in [-0.2, -0.15) is 5.10 Å². The number of aromatic nitrogens is 3. The van der Waals surface area contributed by atoms with Gasteiger partial charge in [0.2, 0.25) is 5.91 Å². The average Bonchev–Trinajstić information content (AvgIpc) is 4.24. The zero-order valence-corrected chi connectivity index (χ0v) is 40.5. The average molecular weight is 981 g/mol. The van der Waals surface area contributed by atoms with Crippen molar-refractivity contribution in [2.45, 2.75) is 58.2 Å². The van der Waals surface area contributed by atoms with Crippen molar-refractivity contribution >= 4 is 46.4 Å². The first-order valence-electron chi connectivity index (χ1n) is 23.9. The van der Waals surface area contributed by atoms with Crippen molar-refractivity contribution in [3.63, 3.8) is 0 Å². The minimum Gasteiger partial charge on any atom is -0.445 e. The summed E-state index contributed by atoms with van der Waals surface area (Å²) in [4.78, 5) is 88.3. The van der Waals surface area contributed by atoms with Crippen LogP contribution in [0.25, 0.3) is 21.9 Å². The van der Waals surface area contributed by atoms with E-state index in [1.54, 1.807) is 63.4 Å². The van der Waals surface area contributed by atoms with Gasteiger partial charge in [-0.15, -0.1) is 0 Å². The minimum absolute atomic E-state index is 0.0106. The van der Waals surface area contributed by atoms with Crippen molar-refractivity contribution in [2.75, 3.05) is 64.3 Å². The first kappa shape index (κ1) is 50.4. The van der Waals surface area contributed by atoms with Gasteiger partial charge in [-0.1, -0.05) is 78.9 Å². The molecule has 18 heteroatoms. The number of pyridine rings is 1. The lowest BCUT2D eigenvalue weighted by atomic mass is 10.0. The molecule has 6 aromatic rings. The van der Waals surface area contributed by atoms with Gasteiger partial charge in [0.1, 0.15) is 24.6 Å². The van der Waals surface area contributed by atoms with E-state index in [4.69, 9.17) is 14.2 Å². The molecule has 2 fully saturated rings. The topological polar surface area (TPSA) is 205 Å². The number of carbonyl (C=O) groups is 5. The van der Waals surface area contributed by atoms with Gasteiger partial charge >= 0.3 is 12.2 Å². The van der Waals surface area contributed by atoms with Gasteiger partial charge in [0, 0.05) is 62.8 Å². The van der Waals surface area contributed by atoms with Crippen molar-refractivity contribution < 1.29 is 42.6 Å². The summed E-state index contributed by atoms with van der Waals surface area (Å²) >= 11 is 0. The molecular weight excluding hydrogens is 924 g/mol. The number of aromatic amines is 1. The van der Waals surface area contributed by atoms with Crippen LogP contribution in [0.1, 0.15) is 82.8 Å². The Morgan fingerprint density at radius 1 is 0.819 bits per heavy atom. The van der Waals surface area contributed by atoms with E-state index in [1.807, 2.05) is 42.5 Å². The number of halogens is 1. The van der Waals surface area contributed by atoms with E-state index in [-0.39, 0.29) is 100 Å². The number of rotatable bonds is 17. The maximum atomic E-state index is 15.2. The Labute approximate surface area is 415 Å². The van der Waals surface area contributed by atoms with Crippen LogP contribution in [0.4, 0.5) is 19.7 Å². The van der Waals surface area contributed by atoms with Crippen molar-refractivity contribution in [3.8, 4) is 11.1 Å². The zero-order chi connectivity index (χ0) is 50.8. The Morgan fingerprint density at radius 3 is 2.31 bits per heavy atom. The molecular formula is C54H57FN8O9. The lowest BCUT2D eigenvalue weighted by molar-refractivity contribution is -0.133. The van der Waals surface area contributed by atoms with E-state index < -0.39 is 35.4 Å². The number of piperazine rings is 1. The Kier molecular flexibility index (Phi) is 16.0. The molecule has 0 radical (unpaired) electrons. The van der Waals surface area contributed by atoms with Gasteiger partial charge in [-0.25, -0.2) is 24.1 Å². The summed E-state index contributed by atoms with van der Waals surface area (Å²) in [6.07, 6.45) is 2.64. The molecule has 1 aliphatic carbocycles. The third kappa shape index (κ3) is 13.2. The predicted octanol–water partition coefficient (Wildman–Crippen LogP) is 7.31. The summed E-state index contributed by atoms with van der Waals surface area (Å²) in [5.41, 5.74) is 3.72. The number of H-pyrrole nitrogens is 1. The van der Waals surface area contributed by atoms with Crippen LogP contribution < -0.4 is 16.2 Å². The van der Waals surface area contributed by atoms with Crippen LogP contribution in [-0.4, -0.2) is 124 Å². The molecule has 2 aliphatic rings. The summed E-state index contributed by atoms with van der Waals surface area (Å²) < 4.78 is 32.1. The number of hydrogen-bond acceptors (Lipinski definition) is 11. The fourth-order valence-electron chi connectivity index (χ4n) is 8.28. The van der Waals surface area contributed by atoms with Crippen LogP contribution in [0.3, 0.4) is 0 Å². The van der Waals surface area contributed by atoms with Crippen molar-refractivity contribution in [1.82, 2.24) is 35.2 Å². The maximum absolute atomic E-state index is 15.2. The molecule has 17 nitrogen and oxygen atoms in total. The van der Waals surface area contributed by atoms with E-state index in [9.17, 15) is 28.8 Å². The Hall–Kier alpha value is -7.99. The second-order valence-corrected chi connectivity index (χ2v) is 18.7. The number of hydrogen-bond donors (Lipinski definition) is 3. The molecule has 5 amide bonds. The summed E-state index contributed by atoms with van der Waals surface area (Å²) in [7, 11) is 0. The first-order valence-corrected chi connectivity index (χ1v) is 23.9. The molecule has 0 atom stereocenters. The van der Waals surface area contributed by atoms with Crippen LogP contribution in [0.2, 0.25) is 0 Å². The monoisotopic (exact) mass is 980 g/mol. The van der Waals surface area contributed by atoms with E-state index in [1.165, 1.54) is 32.4 Å². The van der Waals surface area contributed by atoms with Crippen LogP contribution in [0, 0.1) is 5.82 Å². The van der Waals surface area contributed by atoms with Gasteiger partial charge in [0.25, 0.3) is 17.4 Å². The molecule has 8 rings (SSSR count). The molecule has 1 aliphatic heterocycles. The standard InChI is InChI=1S/C54H57FN8O9/c1-54(2,3)72-52(68)58-46-31-40(39-13-9-12-38(30-39)37-17-18-37)32-57-48(46)50(66)56-20-26-70-27-25-63(53(69)71-34-35-10-5-4-6-11-35)33-47(64)61-21-23-62(24-22-61)51(67)43-28-36(16-19-44(43)55)29-45-41-14-7-8-15-42(41)49(65)60-59-45/h4-16,19,28,30-32,37H,17-18,20-27,29,33-34H2,1-3H3,(H,56,66)(H,58,68)(H,60,65). The second-order valence-electron chi connectivity index (χ2n) is 18.7. The highest BCUT2D eigenvalue weighted by Crippen LogP contribution is 2.41. The Bertz CT molecular complexity index is 3000. The summed E-state index contributed by atoms with van der Waals surface area (Å²) in [6, 6.07) is 30.2. The van der Waals surface area contributed by atoms with Gasteiger partial charge in [0.05, 0.1) is 35.5 Å². The fourth-order valence-corrected chi connectivity index (χ4v) is 8.28. The Balaban J connectivity index is 0.850. The number of benzene rings is 4. The summed E-state index contributed by atoms with van der Waals surface area (Å²) in [6.45, 7) is 5.43. The number of amides is 5. The zero-order valence-electron chi connectivity index (χ0n) is 40.5. The number of nitrogens with one attached hydrogen (secondary N) is 3. The molecule has 2 aromatic heterocycles. The van der Waals surface area contributed by atoms with Gasteiger partial charge in [-0.05, 0) is 86.1 Å². The molecule has 3 heterocycles. The van der Waals surface area contributed by atoms with Crippen LogP contribution in [0.15, 0.2) is 114 Å². The van der Waals surface area contributed by atoms with E-state index >= 15 is 4.39 Å².